The quantitative estimate of drug-likeness (QED) is 0.184. The molecule has 0 bridgehead atoms. The number of rotatable bonds is 3. The van der Waals surface area contributed by atoms with E-state index in [1.165, 1.54) is 27.8 Å². The Morgan fingerprint density at radius 3 is 1.92 bits per heavy atom. The molecular weight excluding hydrogens is 631 g/mol. The average molecular weight is 662 g/mol. The van der Waals surface area contributed by atoms with Crippen molar-refractivity contribution in [1.82, 2.24) is 15.0 Å². The predicted octanol–water partition coefficient (Wildman–Crippen LogP) is 8.01. The molecule has 0 spiro atoms. The molecular formula is C33H31IrN3-2. The van der Waals surface area contributed by atoms with Crippen LogP contribution in [0.15, 0.2) is 79.0 Å². The maximum absolute atomic E-state index is 4.50. The second-order valence-electron chi connectivity index (χ2n) is 9.20. The van der Waals surface area contributed by atoms with Crippen LogP contribution in [0.5, 0.6) is 0 Å². The fourth-order valence-electron chi connectivity index (χ4n) is 3.84. The third-order valence-corrected chi connectivity index (χ3v) is 6.21. The molecule has 2 heterocycles. The molecule has 5 aromatic rings. The van der Waals surface area contributed by atoms with E-state index in [9.17, 15) is 0 Å². The molecule has 0 amide bonds. The summed E-state index contributed by atoms with van der Waals surface area (Å²) in [7, 11) is 0. The summed E-state index contributed by atoms with van der Waals surface area (Å²) in [5.41, 5.74) is 12.4. The third-order valence-electron chi connectivity index (χ3n) is 6.21. The second-order valence-corrected chi connectivity index (χ2v) is 9.20. The Kier molecular flexibility index (Phi) is 9.63. The van der Waals surface area contributed by atoms with Crippen molar-refractivity contribution in [2.75, 3.05) is 0 Å². The zero-order chi connectivity index (χ0) is 25.7. The Labute approximate surface area is 234 Å². The van der Waals surface area contributed by atoms with E-state index in [2.05, 4.69) is 91.2 Å². The largest absolute Gasteiger partial charge is 0.304 e. The fourth-order valence-corrected chi connectivity index (χ4v) is 3.84. The van der Waals surface area contributed by atoms with E-state index < -0.39 is 0 Å². The van der Waals surface area contributed by atoms with Gasteiger partial charge in [-0.25, -0.2) is 0 Å². The number of benzene rings is 3. The number of pyridine rings is 1. The zero-order valence-electron chi connectivity index (χ0n) is 22.2. The van der Waals surface area contributed by atoms with Crippen molar-refractivity contribution >= 4 is 0 Å². The van der Waals surface area contributed by atoms with Crippen LogP contribution in [0.4, 0.5) is 0 Å². The van der Waals surface area contributed by atoms with E-state index in [0.29, 0.717) is 0 Å². The van der Waals surface area contributed by atoms with E-state index in [4.69, 9.17) is 0 Å². The van der Waals surface area contributed by atoms with E-state index in [1.807, 2.05) is 56.4 Å². The Hall–Kier alpha value is -3.46. The van der Waals surface area contributed by atoms with Gasteiger partial charge >= 0.3 is 0 Å². The van der Waals surface area contributed by atoms with Gasteiger partial charge in [-0.3, -0.25) is 9.97 Å². The minimum absolute atomic E-state index is 0. The molecule has 3 nitrogen and oxygen atoms in total. The van der Waals surface area contributed by atoms with Gasteiger partial charge in [0.15, 0.2) is 0 Å². The summed E-state index contributed by atoms with van der Waals surface area (Å²) in [6, 6.07) is 31.1. The molecule has 1 radical (unpaired) electrons. The summed E-state index contributed by atoms with van der Waals surface area (Å²) in [5.74, 6) is 0.736. The van der Waals surface area contributed by atoms with E-state index in [1.54, 1.807) is 0 Å². The standard InChI is InChI=1S/C18H15N2.C15H16N.Ir/c1-13-11-14(2)20-18(19-13)17-10-6-9-16(12-17)15-7-4-3-5-8-15;1-10-5-6-14(7-11(10)2)15-8-12(3)13(4)9-16-15;/h3-9,11-12H,1-2H3;5,7-9H,1-4H3;/q2*-1;. The minimum atomic E-state index is 0. The zero-order valence-corrected chi connectivity index (χ0v) is 24.6. The monoisotopic (exact) mass is 662 g/mol. The van der Waals surface area contributed by atoms with Gasteiger partial charge in [0.2, 0.25) is 0 Å². The normalized spacial score (nSPS) is 10.2. The van der Waals surface area contributed by atoms with Crippen LogP contribution in [0.25, 0.3) is 33.8 Å². The molecule has 0 fully saturated rings. The SMILES string of the molecule is Cc1c[c-]c(-c2cc(C)c(C)cn2)cc1C.Cc1cc(C)nc(-c2[c-]ccc(-c3ccccc3)c2)n1.[Ir]. The molecule has 3 aromatic carbocycles. The van der Waals surface area contributed by atoms with Crippen LogP contribution < -0.4 is 0 Å². The van der Waals surface area contributed by atoms with E-state index in [-0.39, 0.29) is 20.1 Å². The summed E-state index contributed by atoms with van der Waals surface area (Å²) in [6.45, 7) is 12.4. The average Bonchev–Trinajstić information content (AvgIpc) is 2.88. The van der Waals surface area contributed by atoms with Gasteiger partial charge in [-0.05, 0) is 50.6 Å². The van der Waals surface area contributed by atoms with Gasteiger partial charge in [-0.2, -0.15) is 0 Å². The van der Waals surface area contributed by atoms with Gasteiger partial charge < -0.3 is 4.98 Å². The molecule has 5 rings (SSSR count). The molecule has 0 aliphatic rings. The number of nitrogens with zero attached hydrogens (tertiary/aromatic N) is 3. The maximum atomic E-state index is 4.50. The van der Waals surface area contributed by atoms with Crippen molar-refractivity contribution in [1.29, 1.82) is 0 Å². The molecule has 0 aliphatic carbocycles. The Bertz CT molecular complexity index is 1420. The van der Waals surface area contributed by atoms with E-state index in [0.717, 1.165) is 39.6 Å². The van der Waals surface area contributed by atoms with Gasteiger partial charge in [0.25, 0.3) is 0 Å². The third kappa shape index (κ3) is 7.29. The fraction of sp³-hybridized carbons (Fsp3) is 0.182. The molecule has 2 aromatic heterocycles. The maximum Gasteiger partial charge on any atom is 0.0754 e. The number of aryl methyl sites for hydroxylation is 6. The first kappa shape index (κ1) is 28.1. The molecule has 0 aliphatic heterocycles. The van der Waals surface area contributed by atoms with Crippen LogP contribution in [0.3, 0.4) is 0 Å². The van der Waals surface area contributed by atoms with Crippen LogP contribution in [-0.2, 0) is 20.1 Å². The summed E-state index contributed by atoms with van der Waals surface area (Å²) in [4.78, 5) is 13.4. The predicted molar refractivity (Wildman–Crippen MR) is 149 cm³/mol. The summed E-state index contributed by atoms with van der Waals surface area (Å²) < 4.78 is 0. The van der Waals surface area contributed by atoms with Crippen LogP contribution in [0.2, 0.25) is 0 Å². The second kappa shape index (κ2) is 12.7. The van der Waals surface area contributed by atoms with Crippen LogP contribution >= 0.6 is 0 Å². The van der Waals surface area contributed by atoms with Crippen molar-refractivity contribution in [3.63, 3.8) is 0 Å². The van der Waals surface area contributed by atoms with Gasteiger partial charge in [0, 0.05) is 37.7 Å². The number of hydrogen-bond acceptors (Lipinski definition) is 3. The molecule has 37 heavy (non-hydrogen) atoms. The molecule has 0 saturated heterocycles. The topological polar surface area (TPSA) is 38.7 Å². The molecule has 0 unspecified atom stereocenters. The molecule has 4 heteroatoms. The molecule has 189 valence electrons. The van der Waals surface area contributed by atoms with Crippen molar-refractivity contribution in [2.24, 2.45) is 0 Å². The van der Waals surface area contributed by atoms with Gasteiger partial charge in [0.05, 0.1) is 5.82 Å². The summed E-state index contributed by atoms with van der Waals surface area (Å²) in [5, 5.41) is 0. The Morgan fingerprint density at radius 2 is 1.27 bits per heavy atom. The minimum Gasteiger partial charge on any atom is -0.304 e. The first-order chi connectivity index (χ1) is 17.3. The molecule has 0 N–H and O–H groups in total. The van der Waals surface area contributed by atoms with Crippen LogP contribution in [0.1, 0.15) is 33.6 Å². The van der Waals surface area contributed by atoms with Gasteiger partial charge in [-0.15, -0.1) is 70.3 Å². The molecule has 0 atom stereocenters. The van der Waals surface area contributed by atoms with Crippen molar-refractivity contribution in [3.8, 4) is 33.8 Å². The van der Waals surface area contributed by atoms with Gasteiger partial charge in [0.1, 0.15) is 0 Å². The van der Waals surface area contributed by atoms with E-state index >= 15 is 0 Å². The first-order valence-corrected chi connectivity index (χ1v) is 12.1. The summed E-state index contributed by atoms with van der Waals surface area (Å²) in [6.07, 6.45) is 1.92. The summed E-state index contributed by atoms with van der Waals surface area (Å²) >= 11 is 0. The van der Waals surface area contributed by atoms with Crippen molar-refractivity contribution < 1.29 is 20.1 Å². The Morgan fingerprint density at radius 1 is 0.595 bits per heavy atom. The van der Waals surface area contributed by atoms with Crippen LogP contribution in [0, 0.1) is 53.7 Å². The van der Waals surface area contributed by atoms with Crippen molar-refractivity contribution in [3.05, 3.63) is 125 Å². The Balaban J connectivity index is 0.000000205. The van der Waals surface area contributed by atoms with Crippen LogP contribution in [-0.4, -0.2) is 15.0 Å². The first-order valence-electron chi connectivity index (χ1n) is 12.1. The number of aromatic nitrogens is 3. The smallest absolute Gasteiger partial charge is 0.0754 e. The molecule has 0 saturated carbocycles. The van der Waals surface area contributed by atoms with Crippen molar-refractivity contribution in [2.45, 2.75) is 41.5 Å². The van der Waals surface area contributed by atoms with Gasteiger partial charge in [-0.1, -0.05) is 55.8 Å². The number of hydrogen-bond donors (Lipinski definition) is 0.